The van der Waals surface area contributed by atoms with Crippen LogP contribution in [0.2, 0.25) is 0 Å². The van der Waals surface area contributed by atoms with Gasteiger partial charge in [0, 0.05) is 6.61 Å². The maximum atomic E-state index is 5.92. The molecule has 0 spiro atoms. The summed E-state index contributed by atoms with van der Waals surface area (Å²) in [6.07, 6.45) is 1.04. The summed E-state index contributed by atoms with van der Waals surface area (Å²) in [6.45, 7) is 0.763. The zero-order chi connectivity index (χ0) is 14.1. The summed E-state index contributed by atoms with van der Waals surface area (Å²) in [4.78, 5) is 5.76. The van der Waals surface area contributed by atoms with Crippen LogP contribution in [-0.4, -0.2) is 21.8 Å². The van der Waals surface area contributed by atoms with E-state index in [4.69, 9.17) is 4.74 Å². The topological polar surface area (TPSA) is 50.8 Å². The number of nitrogens with zero attached hydrogens (tertiary/aromatic N) is 2. The molecule has 4 rings (SSSR count). The first-order valence-electron chi connectivity index (χ1n) is 7.04. The maximum absolute atomic E-state index is 5.92. The maximum Gasteiger partial charge on any atom is 0.191 e. The molecule has 1 N–H and O–H groups in total. The fraction of sp³-hybridized carbons (Fsp3) is 0.250. The summed E-state index contributed by atoms with van der Waals surface area (Å²) in [5.41, 5.74) is 1.20. The van der Waals surface area contributed by atoms with Gasteiger partial charge in [-0.05, 0) is 23.4 Å². The van der Waals surface area contributed by atoms with Gasteiger partial charge in [-0.2, -0.15) is 5.10 Å². The van der Waals surface area contributed by atoms with Crippen molar-refractivity contribution in [2.24, 2.45) is 0 Å². The Morgan fingerprint density at radius 2 is 2.05 bits per heavy atom. The fourth-order valence-corrected chi connectivity index (χ4v) is 3.45. The molecule has 106 valence electrons. The molecule has 0 saturated carbocycles. The first-order valence-corrected chi connectivity index (χ1v) is 7.92. The normalized spacial score (nSPS) is 21.7. The van der Waals surface area contributed by atoms with Crippen LogP contribution < -0.4 is 0 Å². The van der Waals surface area contributed by atoms with Crippen molar-refractivity contribution in [3.8, 4) is 10.7 Å². The molecule has 1 aromatic carbocycles. The van der Waals surface area contributed by atoms with Crippen LogP contribution in [0.1, 0.15) is 29.8 Å². The molecule has 1 aliphatic heterocycles. The standard InChI is InChI=1S/C16H15N3OS/c1-2-5-11(6-3-1)14-12(8-9-20-14)15-17-16(19-18-15)13-7-4-10-21-13/h1-7,10,12,14H,8-9H2,(H,17,18,19)/t12-,14+/m0/s1. The number of hydrogen-bond donors (Lipinski definition) is 1. The minimum Gasteiger partial charge on any atom is -0.373 e. The molecule has 0 bridgehead atoms. The third kappa shape index (κ3) is 2.39. The Morgan fingerprint density at radius 3 is 2.86 bits per heavy atom. The molecule has 3 aromatic rings. The number of aromatic amines is 1. The summed E-state index contributed by atoms with van der Waals surface area (Å²) in [5.74, 6) is 1.94. The lowest BCUT2D eigenvalue weighted by Gasteiger charge is -2.16. The molecule has 0 amide bonds. The number of H-pyrrole nitrogens is 1. The summed E-state index contributed by atoms with van der Waals surface area (Å²) in [6, 6.07) is 14.4. The van der Waals surface area contributed by atoms with Gasteiger partial charge in [-0.3, -0.25) is 5.10 Å². The van der Waals surface area contributed by atoms with Crippen LogP contribution in [0.5, 0.6) is 0 Å². The largest absolute Gasteiger partial charge is 0.373 e. The second-order valence-corrected chi connectivity index (χ2v) is 6.07. The quantitative estimate of drug-likeness (QED) is 0.800. The Balaban J connectivity index is 1.63. The minimum absolute atomic E-state index is 0.0651. The number of ether oxygens (including phenoxy) is 1. The van der Waals surface area contributed by atoms with Crippen LogP contribution in [0.4, 0.5) is 0 Å². The van der Waals surface area contributed by atoms with E-state index in [1.807, 2.05) is 35.7 Å². The zero-order valence-electron chi connectivity index (χ0n) is 11.4. The van der Waals surface area contributed by atoms with Gasteiger partial charge >= 0.3 is 0 Å². The molecule has 4 nitrogen and oxygen atoms in total. The molecular formula is C16H15N3OS. The monoisotopic (exact) mass is 297 g/mol. The van der Waals surface area contributed by atoms with Crippen LogP contribution in [-0.2, 0) is 4.74 Å². The fourth-order valence-electron chi connectivity index (χ4n) is 2.80. The van der Waals surface area contributed by atoms with Crippen LogP contribution in [0.15, 0.2) is 47.8 Å². The molecule has 1 fully saturated rings. The second-order valence-electron chi connectivity index (χ2n) is 5.12. The number of aromatic nitrogens is 3. The molecular weight excluding hydrogens is 282 g/mol. The number of benzene rings is 1. The van der Waals surface area contributed by atoms with Crippen LogP contribution in [0.25, 0.3) is 10.7 Å². The predicted octanol–water partition coefficient (Wildman–Crippen LogP) is 3.78. The minimum atomic E-state index is 0.0651. The molecule has 5 heteroatoms. The lowest BCUT2D eigenvalue weighted by atomic mass is 9.95. The lowest BCUT2D eigenvalue weighted by molar-refractivity contribution is 0.103. The summed E-state index contributed by atoms with van der Waals surface area (Å²) < 4.78 is 5.92. The second kappa shape index (κ2) is 5.42. The Morgan fingerprint density at radius 1 is 1.14 bits per heavy atom. The van der Waals surface area contributed by atoms with Crippen molar-refractivity contribution in [2.75, 3.05) is 6.61 Å². The van der Waals surface area contributed by atoms with Gasteiger partial charge in [0.05, 0.1) is 16.9 Å². The molecule has 1 saturated heterocycles. The molecule has 1 aliphatic rings. The molecule has 0 radical (unpaired) electrons. The van der Waals surface area contributed by atoms with E-state index in [1.54, 1.807) is 11.3 Å². The van der Waals surface area contributed by atoms with E-state index in [9.17, 15) is 0 Å². The van der Waals surface area contributed by atoms with Gasteiger partial charge < -0.3 is 4.74 Å². The molecule has 2 atom stereocenters. The van der Waals surface area contributed by atoms with Crippen molar-refractivity contribution in [3.63, 3.8) is 0 Å². The van der Waals surface area contributed by atoms with Crippen molar-refractivity contribution < 1.29 is 4.74 Å². The van der Waals surface area contributed by atoms with Crippen LogP contribution in [0, 0.1) is 0 Å². The van der Waals surface area contributed by atoms with Gasteiger partial charge in [-0.25, -0.2) is 4.98 Å². The van der Waals surface area contributed by atoms with E-state index in [2.05, 4.69) is 27.3 Å². The van der Waals surface area contributed by atoms with E-state index in [-0.39, 0.29) is 12.0 Å². The van der Waals surface area contributed by atoms with E-state index >= 15 is 0 Å². The highest BCUT2D eigenvalue weighted by Crippen LogP contribution is 2.40. The van der Waals surface area contributed by atoms with Gasteiger partial charge in [0.2, 0.25) is 0 Å². The van der Waals surface area contributed by atoms with Gasteiger partial charge in [0.1, 0.15) is 5.82 Å². The average molecular weight is 297 g/mol. The van der Waals surface area contributed by atoms with Crippen molar-refractivity contribution in [3.05, 3.63) is 59.2 Å². The molecule has 21 heavy (non-hydrogen) atoms. The van der Waals surface area contributed by atoms with E-state index < -0.39 is 0 Å². The van der Waals surface area contributed by atoms with Crippen molar-refractivity contribution in [1.82, 2.24) is 15.2 Å². The first-order chi connectivity index (χ1) is 10.4. The average Bonchev–Trinajstić information content (AvgIpc) is 3.27. The van der Waals surface area contributed by atoms with Crippen molar-refractivity contribution in [2.45, 2.75) is 18.4 Å². The van der Waals surface area contributed by atoms with E-state index in [0.717, 1.165) is 29.6 Å². The van der Waals surface area contributed by atoms with Crippen molar-refractivity contribution in [1.29, 1.82) is 0 Å². The SMILES string of the molecule is c1ccc([C@H]2OCC[C@@H]2c2nc(-c3cccs3)n[nH]2)cc1. The summed E-state index contributed by atoms with van der Waals surface area (Å²) >= 11 is 1.65. The molecule has 0 unspecified atom stereocenters. The van der Waals surface area contributed by atoms with E-state index in [0.29, 0.717) is 0 Å². The summed E-state index contributed by atoms with van der Waals surface area (Å²) in [7, 11) is 0. The highest BCUT2D eigenvalue weighted by molar-refractivity contribution is 7.13. The molecule has 3 heterocycles. The number of nitrogens with one attached hydrogen (secondary N) is 1. The Kier molecular flexibility index (Phi) is 3.29. The van der Waals surface area contributed by atoms with E-state index in [1.165, 1.54) is 5.56 Å². The van der Waals surface area contributed by atoms with Gasteiger partial charge in [0.25, 0.3) is 0 Å². The number of thiophene rings is 1. The number of hydrogen-bond acceptors (Lipinski definition) is 4. The van der Waals surface area contributed by atoms with Gasteiger partial charge in [0.15, 0.2) is 5.82 Å². The first kappa shape index (κ1) is 12.7. The highest BCUT2D eigenvalue weighted by atomic mass is 32.1. The van der Waals surface area contributed by atoms with Gasteiger partial charge in [-0.1, -0.05) is 36.4 Å². The molecule has 0 aliphatic carbocycles. The Labute approximate surface area is 126 Å². The summed E-state index contributed by atoms with van der Waals surface area (Å²) in [5, 5.41) is 9.49. The highest BCUT2D eigenvalue weighted by Gasteiger charge is 2.33. The van der Waals surface area contributed by atoms with Gasteiger partial charge in [-0.15, -0.1) is 11.3 Å². The number of rotatable bonds is 3. The van der Waals surface area contributed by atoms with Crippen LogP contribution in [0.3, 0.4) is 0 Å². The smallest absolute Gasteiger partial charge is 0.191 e. The third-order valence-electron chi connectivity index (χ3n) is 3.82. The zero-order valence-corrected chi connectivity index (χ0v) is 12.2. The lowest BCUT2D eigenvalue weighted by Crippen LogP contribution is -2.07. The van der Waals surface area contributed by atoms with Crippen molar-refractivity contribution >= 4 is 11.3 Å². The molecule has 2 aromatic heterocycles. The Hall–Kier alpha value is -1.98. The Bertz CT molecular complexity index is 708. The van der Waals surface area contributed by atoms with Crippen LogP contribution >= 0.6 is 11.3 Å². The third-order valence-corrected chi connectivity index (χ3v) is 4.68. The predicted molar refractivity (Wildman–Crippen MR) is 82.2 cm³/mol.